The Morgan fingerprint density at radius 3 is 2.50 bits per heavy atom. The Bertz CT molecular complexity index is 801. The highest BCUT2D eigenvalue weighted by molar-refractivity contribution is 5.91. The number of amides is 2. The first-order valence-electron chi connectivity index (χ1n) is 7.91. The Morgan fingerprint density at radius 1 is 1.35 bits per heavy atom. The topological polar surface area (TPSA) is 166 Å². The van der Waals surface area contributed by atoms with Gasteiger partial charge in [0.15, 0.2) is 5.79 Å². The first-order chi connectivity index (χ1) is 12.1. The molecule has 2 amide bonds. The molecule has 11 heteroatoms. The van der Waals surface area contributed by atoms with E-state index < -0.39 is 34.4 Å². The maximum atomic E-state index is 12.2. The zero-order valence-electron chi connectivity index (χ0n) is 14.5. The first kappa shape index (κ1) is 19.8. The number of aromatic amines is 1. The molecule has 1 aliphatic heterocycles. The van der Waals surface area contributed by atoms with Crippen LogP contribution >= 0.6 is 0 Å². The summed E-state index contributed by atoms with van der Waals surface area (Å²) in [5.41, 5.74) is 1.94. The molecule has 0 radical (unpaired) electrons. The second kappa shape index (κ2) is 7.40. The van der Waals surface area contributed by atoms with Crippen molar-refractivity contribution in [2.45, 2.75) is 38.1 Å². The van der Waals surface area contributed by atoms with Crippen LogP contribution in [0.15, 0.2) is 15.8 Å². The molecule has 1 aliphatic rings. The van der Waals surface area contributed by atoms with Crippen molar-refractivity contribution in [3.05, 3.63) is 32.6 Å². The van der Waals surface area contributed by atoms with Crippen LogP contribution in [0.25, 0.3) is 0 Å². The van der Waals surface area contributed by atoms with Crippen molar-refractivity contribution in [3.63, 3.8) is 0 Å². The molecule has 0 spiro atoms. The molecule has 1 aromatic rings. The minimum atomic E-state index is -1.08. The average Bonchev–Trinajstić information content (AvgIpc) is 2.56. The molecule has 26 heavy (non-hydrogen) atoms. The molecule has 0 aromatic carbocycles. The summed E-state index contributed by atoms with van der Waals surface area (Å²) in [6, 6.07) is 0. The van der Waals surface area contributed by atoms with Crippen LogP contribution in [0, 0.1) is 0 Å². The number of hydrogen-bond donors (Lipinski definition) is 4. The van der Waals surface area contributed by atoms with Gasteiger partial charge in [0.2, 0.25) is 5.91 Å². The summed E-state index contributed by atoms with van der Waals surface area (Å²) in [5, 5.41) is 12.2. The van der Waals surface area contributed by atoms with Gasteiger partial charge in [-0.2, -0.15) is 0 Å². The molecule has 0 bridgehead atoms. The zero-order valence-corrected chi connectivity index (χ0v) is 14.5. The SMILES string of the molecule is CC1(C)OCC(CO)(NC(=O)CCn2cc(C(N)=O)c(=O)[nH]c2=O)CO1. The van der Waals surface area contributed by atoms with Crippen molar-refractivity contribution in [3.8, 4) is 0 Å². The van der Waals surface area contributed by atoms with Crippen molar-refractivity contribution in [1.82, 2.24) is 14.9 Å². The number of aliphatic hydroxyl groups excluding tert-OH is 1. The smallest absolute Gasteiger partial charge is 0.328 e. The number of hydrogen-bond acceptors (Lipinski definition) is 7. The van der Waals surface area contributed by atoms with E-state index >= 15 is 0 Å². The average molecular weight is 370 g/mol. The van der Waals surface area contributed by atoms with Crippen molar-refractivity contribution in [1.29, 1.82) is 0 Å². The minimum Gasteiger partial charge on any atom is -0.394 e. The maximum Gasteiger partial charge on any atom is 0.328 e. The largest absolute Gasteiger partial charge is 0.394 e. The molecule has 2 rings (SSSR count). The first-order valence-corrected chi connectivity index (χ1v) is 7.91. The molecule has 1 aromatic heterocycles. The molecule has 1 fully saturated rings. The minimum absolute atomic E-state index is 0.0622. The number of carbonyl (C=O) groups excluding carboxylic acids is 2. The number of nitrogens with one attached hydrogen (secondary N) is 2. The number of H-pyrrole nitrogens is 1. The van der Waals surface area contributed by atoms with Gasteiger partial charge in [0, 0.05) is 19.2 Å². The van der Waals surface area contributed by atoms with Crippen LogP contribution in [-0.4, -0.2) is 57.6 Å². The summed E-state index contributed by atoms with van der Waals surface area (Å²) in [6.45, 7) is 3.07. The Hall–Kier alpha value is -2.50. The number of aryl methyl sites for hydroxylation is 1. The lowest BCUT2D eigenvalue weighted by Crippen LogP contribution is -2.63. The van der Waals surface area contributed by atoms with Gasteiger partial charge in [-0.25, -0.2) is 4.79 Å². The molecular weight excluding hydrogens is 348 g/mol. The molecule has 1 saturated heterocycles. The number of primary amides is 1. The van der Waals surface area contributed by atoms with Gasteiger partial charge in [0.05, 0.1) is 19.8 Å². The summed E-state index contributed by atoms with van der Waals surface area (Å²) in [4.78, 5) is 48.5. The standard InChI is InChI=1S/C15H22N4O7/c1-14(2)25-7-15(6-20,8-26-14)18-10(21)3-4-19-5-9(11(16)22)12(23)17-13(19)24/h5,20H,3-4,6-8H2,1-2H3,(H2,16,22)(H,18,21)(H,17,23,24). The van der Waals surface area contributed by atoms with Crippen LogP contribution in [0.5, 0.6) is 0 Å². The number of carbonyl (C=O) groups is 2. The van der Waals surface area contributed by atoms with Crippen molar-refractivity contribution < 1.29 is 24.2 Å². The highest BCUT2D eigenvalue weighted by Crippen LogP contribution is 2.23. The van der Waals surface area contributed by atoms with Gasteiger partial charge in [-0.3, -0.25) is 23.9 Å². The summed E-state index contributed by atoms with van der Waals surface area (Å²) in [5.74, 6) is -2.26. The van der Waals surface area contributed by atoms with Gasteiger partial charge < -0.3 is 25.6 Å². The zero-order chi connectivity index (χ0) is 19.5. The third-order valence-corrected chi connectivity index (χ3v) is 3.96. The van der Waals surface area contributed by atoms with E-state index in [0.717, 1.165) is 10.8 Å². The second-order valence-electron chi connectivity index (χ2n) is 6.57. The normalized spacial score (nSPS) is 18.3. The fourth-order valence-electron chi connectivity index (χ4n) is 2.34. The van der Waals surface area contributed by atoms with Gasteiger partial charge >= 0.3 is 5.69 Å². The van der Waals surface area contributed by atoms with Gasteiger partial charge in [-0.15, -0.1) is 0 Å². The highest BCUT2D eigenvalue weighted by atomic mass is 16.7. The molecule has 5 N–H and O–H groups in total. The number of aromatic nitrogens is 2. The fourth-order valence-corrected chi connectivity index (χ4v) is 2.34. The van der Waals surface area contributed by atoms with E-state index in [9.17, 15) is 24.3 Å². The molecule has 0 unspecified atom stereocenters. The highest BCUT2D eigenvalue weighted by Gasteiger charge is 2.40. The molecule has 0 atom stereocenters. The molecule has 0 saturated carbocycles. The van der Waals surface area contributed by atoms with Crippen LogP contribution in [0.1, 0.15) is 30.6 Å². The second-order valence-corrected chi connectivity index (χ2v) is 6.57. The molecule has 144 valence electrons. The van der Waals surface area contributed by atoms with E-state index in [-0.39, 0.29) is 38.3 Å². The number of rotatable bonds is 6. The maximum absolute atomic E-state index is 12.2. The van der Waals surface area contributed by atoms with Gasteiger partial charge in [-0.1, -0.05) is 0 Å². The van der Waals surface area contributed by atoms with E-state index in [0.29, 0.717) is 0 Å². The van der Waals surface area contributed by atoms with Crippen LogP contribution in [0.4, 0.5) is 0 Å². The Labute approximate surface area is 148 Å². The quantitative estimate of drug-likeness (QED) is 0.435. The number of nitrogens with two attached hydrogens (primary N) is 1. The van der Waals surface area contributed by atoms with E-state index in [1.165, 1.54) is 0 Å². The van der Waals surface area contributed by atoms with Gasteiger partial charge in [0.1, 0.15) is 11.1 Å². The lowest BCUT2D eigenvalue weighted by Gasteiger charge is -2.42. The predicted octanol–water partition coefficient (Wildman–Crippen LogP) is -2.34. The Kier molecular flexibility index (Phi) is 5.64. The lowest BCUT2D eigenvalue weighted by molar-refractivity contribution is -0.274. The monoisotopic (exact) mass is 370 g/mol. The van der Waals surface area contributed by atoms with Crippen LogP contribution in [-0.2, 0) is 20.8 Å². The predicted molar refractivity (Wildman–Crippen MR) is 88.4 cm³/mol. The summed E-state index contributed by atoms with van der Waals surface area (Å²) < 4.78 is 11.9. The van der Waals surface area contributed by atoms with Crippen molar-refractivity contribution in [2.75, 3.05) is 19.8 Å². The third kappa shape index (κ3) is 4.56. The number of ether oxygens (including phenoxy) is 2. The van der Waals surface area contributed by atoms with E-state index in [1.807, 2.05) is 4.98 Å². The van der Waals surface area contributed by atoms with E-state index in [4.69, 9.17) is 15.2 Å². The van der Waals surface area contributed by atoms with E-state index in [2.05, 4.69) is 5.32 Å². The molecular formula is C15H22N4O7. The molecule has 0 aliphatic carbocycles. The van der Waals surface area contributed by atoms with Crippen LogP contribution < -0.4 is 22.3 Å². The van der Waals surface area contributed by atoms with Crippen molar-refractivity contribution in [2.24, 2.45) is 5.73 Å². The fraction of sp³-hybridized carbons (Fsp3) is 0.600. The van der Waals surface area contributed by atoms with Crippen molar-refractivity contribution >= 4 is 11.8 Å². The molecule has 2 heterocycles. The third-order valence-electron chi connectivity index (χ3n) is 3.96. The van der Waals surface area contributed by atoms with Gasteiger partial charge in [0.25, 0.3) is 11.5 Å². The van der Waals surface area contributed by atoms with Crippen LogP contribution in [0.3, 0.4) is 0 Å². The summed E-state index contributed by atoms with van der Waals surface area (Å²) in [7, 11) is 0. The number of aliphatic hydroxyl groups is 1. The Balaban J connectivity index is 2.03. The lowest BCUT2D eigenvalue weighted by atomic mass is 10.0. The van der Waals surface area contributed by atoms with Gasteiger partial charge in [-0.05, 0) is 13.8 Å². The molecule has 11 nitrogen and oxygen atoms in total. The van der Waals surface area contributed by atoms with Crippen LogP contribution in [0.2, 0.25) is 0 Å². The van der Waals surface area contributed by atoms with E-state index in [1.54, 1.807) is 13.8 Å². The number of nitrogens with zero attached hydrogens (tertiary/aromatic N) is 1. The Morgan fingerprint density at radius 2 is 1.96 bits per heavy atom. The summed E-state index contributed by atoms with van der Waals surface area (Å²) >= 11 is 0. The summed E-state index contributed by atoms with van der Waals surface area (Å²) in [6.07, 6.45) is 0.864.